The van der Waals surface area contributed by atoms with Crippen LogP contribution in [0.25, 0.3) is 0 Å². The Hall–Kier alpha value is -1.55. The first-order chi connectivity index (χ1) is 8.75. The molecular formula is C14H19NO3. The Kier molecular flexibility index (Phi) is 4.59. The second-order valence-electron chi connectivity index (χ2n) is 4.65. The van der Waals surface area contributed by atoms with Gasteiger partial charge in [0.1, 0.15) is 0 Å². The van der Waals surface area contributed by atoms with Crippen LogP contribution in [0.4, 0.5) is 5.69 Å². The van der Waals surface area contributed by atoms with Gasteiger partial charge in [0.25, 0.3) is 0 Å². The summed E-state index contributed by atoms with van der Waals surface area (Å²) in [5.74, 6) is -0.238. The molecule has 1 aromatic carbocycles. The minimum absolute atomic E-state index is 0.169. The second-order valence-corrected chi connectivity index (χ2v) is 4.65. The molecule has 4 nitrogen and oxygen atoms in total. The van der Waals surface area contributed by atoms with Crippen LogP contribution in [-0.2, 0) is 9.53 Å². The van der Waals surface area contributed by atoms with E-state index >= 15 is 0 Å². The molecule has 1 N–H and O–H groups in total. The topological polar surface area (TPSA) is 49.8 Å². The van der Waals surface area contributed by atoms with E-state index < -0.39 is 5.97 Å². The van der Waals surface area contributed by atoms with Crippen LogP contribution in [0, 0.1) is 5.92 Å². The molecule has 0 radical (unpaired) electrons. The van der Waals surface area contributed by atoms with Crippen LogP contribution in [0.15, 0.2) is 30.3 Å². The van der Waals surface area contributed by atoms with Crippen molar-refractivity contribution in [3.63, 3.8) is 0 Å². The number of para-hydroxylation sites is 1. The standard InChI is InChI=1S/C14H19NO3/c16-14(17)6-8-15(10-12-7-9-18-11-12)13-4-2-1-3-5-13/h1-5,12H,6-11H2,(H,16,17). The minimum Gasteiger partial charge on any atom is -0.481 e. The molecule has 1 heterocycles. The highest BCUT2D eigenvalue weighted by atomic mass is 16.5. The molecule has 18 heavy (non-hydrogen) atoms. The summed E-state index contributed by atoms with van der Waals surface area (Å²) in [7, 11) is 0. The second kappa shape index (κ2) is 6.40. The predicted octanol–water partition coefficient (Wildman–Crippen LogP) is 2.00. The molecule has 1 fully saturated rings. The largest absolute Gasteiger partial charge is 0.481 e. The molecule has 0 aromatic heterocycles. The summed E-state index contributed by atoms with van der Waals surface area (Å²) in [6.45, 7) is 3.04. The summed E-state index contributed by atoms with van der Waals surface area (Å²) in [5, 5.41) is 8.82. The lowest BCUT2D eigenvalue weighted by Crippen LogP contribution is -2.31. The molecule has 0 aliphatic carbocycles. The van der Waals surface area contributed by atoms with E-state index in [4.69, 9.17) is 9.84 Å². The highest BCUT2D eigenvalue weighted by Gasteiger charge is 2.19. The summed E-state index contributed by atoms with van der Waals surface area (Å²) >= 11 is 0. The maximum atomic E-state index is 10.7. The molecule has 2 rings (SSSR count). The van der Waals surface area contributed by atoms with E-state index in [1.807, 2.05) is 30.3 Å². The number of anilines is 1. The smallest absolute Gasteiger partial charge is 0.305 e. The van der Waals surface area contributed by atoms with E-state index in [1.54, 1.807) is 0 Å². The van der Waals surface area contributed by atoms with E-state index in [9.17, 15) is 4.79 Å². The first-order valence-electron chi connectivity index (χ1n) is 6.35. The lowest BCUT2D eigenvalue weighted by Gasteiger charge is -2.26. The quantitative estimate of drug-likeness (QED) is 0.837. The number of carboxylic acid groups (broad SMARTS) is 1. The van der Waals surface area contributed by atoms with E-state index in [2.05, 4.69) is 4.90 Å². The summed E-state index contributed by atoms with van der Waals surface area (Å²) in [6, 6.07) is 9.98. The van der Waals surface area contributed by atoms with E-state index in [0.29, 0.717) is 12.5 Å². The molecule has 0 spiro atoms. The molecular weight excluding hydrogens is 230 g/mol. The van der Waals surface area contributed by atoms with Gasteiger partial charge in [0.15, 0.2) is 0 Å². The summed E-state index contributed by atoms with van der Waals surface area (Å²) < 4.78 is 5.38. The fourth-order valence-corrected chi connectivity index (χ4v) is 2.23. The van der Waals surface area contributed by atoms with Crippen LogP contribution < -0.4 is 4.90 Å². The molecule has 4 heteroatoms. The third-order valence-corrected chi connectivity index (χ3v) is 3.22. The summed E-state index contributed by atoms with van der Waals surface area (Å²) in [5.41, 5.74) is 1.09. The van der Waals surface area contributed by atoms with E-state index in [-0.39, 0.29) is 6.42 Å². The average molecular weight is 249 g/mol. The van der Waals surface area contributed by atoms with Gasteiger partial charge in [-0.15, -0.1) is 0 Å². The van der Waals surface area contributed by atoms with Crippen molar-refractivity contribution in [2.45, 2.75) is 12.8 Å². The maximum absolute atomic E-state index is 10.7. The van der Waals surface area contributed by atoms with Crippen LogP contribution >= 0.6 is 0 Å². The predicted molar refractivity (Wildman–Crippen MR) is 69.8 cm³/mol. The van der Waals surface area contributed by atoms with Gasteiger partial charge in [0, 0.05) is 31.3 Å². The molecule has 1 saturated heterocycles. The highest BCUT2D eigenvalue weighted by Crippen LogP contribution is 2.20. The van der Waals surface area contributed by atoms with E-state index in [0.717, 1.165) is 31.9 Å². The van der Waals surface area contributed by atoms with Crippen LogP contribution in [-0.4, -0.2) is 37.4 Å². The third-order valence-electron chi connectivity index (χ3n) is 3.22. The van der Waals surface area contributed by atoms with Gasteiger partial charge >= 0.3 is 5.97 Å². The number of hydrogen-bond acceptors (Lipinski definition) is 3. The van der Waals surface area contributed by atoms with Crippen LogP contribution in [0.5, 0.6) is 0 Å². The Morgan fingerprint density at radius 1 is 1.39 bits per heavy atom. The first kappa shape index (κ1) is 12.9. The summed E-state index contributed by atoms with van der Waals surface area (Å²) in [6.07, 6.45) is 1.23. The van der Waals surface area contributed by atoms with Gasteiger partial charge in [-0.1, -0.05) is 18.2 Å². The van der Waals surface area contributed by atoms with Crippen LogP contribution in [0.3, 0.4) is 0 Å². The summed E-state index contributed by atoms with van der Waals surface area (Å²) in [4.78, 5) is 12.9. The number of carboxylic acids is 1. The molecule has 1 atom stereocenters. The van der Waals surface area contributed by atoms with Gasteiger partial charge in [-0.25, -0.2) is 0 Å². The van der Waals surface area contributed by atoms with Crippen molar-refractivity contribution in [2.75, 3.05) is 31.2 Å². The van der Waals surface area contributed by atoms with Gasteiger partial charge in [0.2, 0.25) is 0 Å². The van der Waals surface area contributed by atoms with Crippen molar-refractivity contribution in [3.05, 3.63) is 30.3 Å². The Labute approximate surface area is 107 Å². The molecule has 1 unspecified atom stereocenters. The SMILES string of the molecule is O=C(O)CCN(CC1CCOC1)c1ccccc1. The Morgan fingerprint density at radius 3 is 2.78 bits per heavy atom. The third kappa shape index (κ3) is 3.74. The van der Waals surface area contributed by atoms with Gasteiger partial charge in [-0.3, -0.25) is 4.79 Å². The molecule has 1 aromatic rings. The van der Waals surface area contributed by atoms with Gasteiger partial charge in [-0.2, -0.15) is 0 Å². The van der Waals surface area contributed by atoms with Crippen LogP contribution in [0.2, 0.25) is 0 Å². The highest BCUT2D eigenvalue weighted by molar-refractivity contribution is 5.67. The lowest BCUT2D eigenvalue weighted by molar-refractivity contribution is -0.136. The first-order valence-corrected chi connectivity index (χ1v) is 6.35. The lowest BCUT2D eigenvalue weighted by atomic mass is 10.1. The molecule has 98 valence electrons. The normalized spacial score (nSPS) is 18.8. The van der Waals surface area contributed by atoms with Gasteiger partial charge < -0.3 is 14.7 Å². The fourth-order valence-electron chi connectivity index (χ4n) is 2.23. The Balaban J connectivity index is 1.99. The molecule has 0 bridgehead atoms. The fraction of sp³-hybridized carbons (Fsp3) is 0.500. The monoisotopic (exact) mass is 249 g/mol. The van der Waals surface area contributed by atoms with E-state index in [1.165, 1.54) is 0 Å². The van der Waals surface area contributed by atoms with Crippen molar-refractivity contribution in [2.24, 2.45) is 5.92 Å². The molecule has 0 amide bonds. The molecule has 1 aliphatic rings. The Bertz CT molecular complexity index is 374. The number of benzene rings is 1. The number of nitrogens with zero attached hydrogens (tertiary/aromatic N) is 1. The molecule has 0 saturated carbocycles. The molecule has 1 aliphatic heterocycles. The zero-order valence-electron chi connectivity index (χ0n) is 10.4. The Morgan fingerprint density at radius 2 is 2.17 bits per heavy atom. The zero-order valence-corrected chi connectivity index (χ0v) is 10.4. The number of carbonyl (C=O) groups is 1. The van der Waals surface area contributed by atoms with Crippen molar-refractivity contribution in [1.82, 2.24) is 0 Å². The average Bonchev–Trinajstić information content (AvgIpc) is 2.88. The van der Waals surface area contributed by atoms with Gasteiger partial charge in [-0.05, 0) is 18.6 Å². The number of aliphatic carboxylic acids is 1. The number of ether oxygens (including phenoxy) is 1. The van der Waals surface area contributed by atoms with Crippen molar-refractivity contribution in [3.8, 4) is 0 Å². The van der Waals surface area contributed by atoms with Crippen molar-refractivity contribution >= 4 is 11.7 Å². The van der Waals surface area contributed by atoms with Crippen molar-refractivity contribution in [1.29, 1.82) is 0 Å². The van der Waals surface area contributed by atoms with Gasteiger partial charge in [0.05, 0.1) is 13.0 Å². The van der Waals surface area contributed by atoms with Crippen LogP contribution in [0.1, 0.15) is 12.8 Å². The minimum atomic E-state index is -0.751. The number of hydrogen-bond donors (Lipinski definition) is 1. The van der Waals surface area contributed by atoms with Crippen molar-refractivity contribution < 1.29 is 14.6 Å². The number of rotatable bonds is 6. The zero-order chi connectivity index (χ0) is 12.8. The maximum Gasteiger partial charge on any atom is 0.305 e.